The zero-order chi connectivity index (χ0) is 10.4. The topological polar surface area (TPSA) is 32.9 Å². The molecule has 0 bridgehead atoms. The fourth-order valence-corrected chi connectivity index (χ4v) is 3.44. The Labute approximate surface area is 98.0 Å². The molecule has 0 saturated heterocycles. The van der Waals surface area contributed by atoms with E-state index in [1.807, 2.05) is 18.2 Å². The van der Waals surface area contributed by atoms with Crippen LogP contribution >= 0.6 is 27.3 Å². The number of thiophene rings is 1. The van der Waals surface area contributed by atoms with Crippen LogP contribution in [0.25, 0.3) is 20.3 Å². The van der Waals surface area contributed by atoms with E-state index in [1.165, 1.54) is 4.70 Å². The lowest BCUT2D eigenvalue weighted by Gasteiger charge is -1.92. The van der Waals surface area contributed by atoms with Gasteiger partial charge in [-0.25, -0.2) is 0 Å². The number of aromatic amines is 1. The Morgan fingerprint density at radius 1 is 1.40 bits per heavy atom. The summed E-state index contributed by atoms with van der Waals surface area (Å²) in [7, 11) is 0. The number of nitrogens with one attached hydrogen (secondary N) is 1. The number of fused-ring (bicyclic) bond motifs is 3. The lowest BCUT2D eigenvalue weighted by molar-refractivity contribution is 0.112. The molecule has 3 rings (SSSR count). The molecule has 1 aromatic carbocycles. The standard InChI is InChI=1S/C11H6BrNOS/c12-8-3-1-2-7-10-9(15-11(7)8)4-6(5-14)13-10/h1-5,13H. The highest BCUT2D eigenvalue weighted by Crippen LogP contribution is 2.37. The Morgan fingerprint density at radius 2 is 2.27 bits per heavy atom. The molecule has 0 atom stereocenters. The molecule has 0 spiro atoms. The number of aldehydes is 1. The maximum Gasteiger partial charge on any atom is 0.166 e. The Balaban J connectivity index is 2.50. The molecule has 0 radical (unpaired) electrons. The first-order valence-electron chi connectivity index (χ1n) is 4.44. The minimum absolute atomic E-state index is 0.637. The Morgan fingerprint density at radius 3 is 3.07 bits per heavy atom. The number of halogens is 1. The largest absolute Gasteiger partial charge is 0.351 e. The van der Waals surface area contributed by atoms with Gasteiger partial charge in [-0.2, -0.15) is 0 Å². The van der Waals surface area contributed by atoms with Crippen molar-refractivity contribution in [2.45, 2.75) is 0 Å². The summed E-state index contributed by atoms with van der Waals surface area (Å²) in [5, 5.41) is 1.16. The summed E-state index contributed by atoms with van der Waals surface area (Å²) >= 11 is 5.21. The van der Waals surface area contributed by atoms with E-state index in [9.17, 15) is 4.79 Å². The molecule has 0 aliphatic rings. The second-order valence-electron chi connectivity index (χ2n) is 3.30. The number of carbonyl (C=O) groups is 1. The molecule has 2 heterocycles. The van der Waals surface area contributed by atoms with E-state index in [-0.39, 0.29) is 0 Å². The maximum atomic E-state index is 10.6. The van der Waals surface area contributed by atoms with Crippen molar-refractivity contribution >= 4 is 53.9 Å². The van der Waals surface area contributed by atoms with Crippen LogP contribution in [-0.2, 0) is 0 Å². The number of aromatic nitrogens is 1. The van der Waals surface area contributed by atoms with Crippen molar-refractivity contribution in [3.05, 3.63) is 34.4 Å². The van der Waals surface area contributed by atoms with Crippen molar-refractivity contribution in [3.63, 3.8) is 0 Å². The average Bonchev–Trinajstić information content (AvgIpc) is 2.76. The molecule has 2 aromatic heterocycles. The van der Waals surface area contributed by atoms with Crippen molar-refractivity contribution in [3.8, 4) is 0 Å². The van der Waals surface area contributed by atoms with Crippen LogP contribution in [0.4, 0.5) is 0 Å². The van der Waals surface area contributed by atoms with Crippen LogP contribution < -0.4 is 0 Å². The third-order valence-corrected chi connectivity index (χ3v) is 4.49. The third-order valence-electron chi connectivity index (χ3n) is 2.38. The van der Waals surface area contributed by atoms with E-state index in [0.29, 0.717) is 5.69 Å². The summed E-state index contributed by atoms with van der Waals surface area (Å²) in [5.74, 6) is 0. The first kappa shape index (κ1) is 9.12. The van der Waals surface area contributed by atoms with Crippen LogP contribution in [0.1, 0.15) is 10.5 Å². The SMILES string of the molecule is O=Cc1cc2sc3c(Br)cccc3c2[nH]1. The molecular formula is C11H6BrNOS. The third kappa shape index (κ3) is 1.25. The Hall–Kier alpha value is -1.13. The summed E-state index contributed by atoms with van der Waals surface area (Å²) in [6, 6.07) is 7.97. The van der Waals surface area contributed by atoms with Crippen LogP contribution in [0.2, 0.25) is 0 Å². The smallest absolute Gasteiger partial charge is 0.166 e. The highest BCUT2D eigenvalue weighted by Gasteiger charge is 2.09. The molecule has 15 heavy (non-hydrogen) atoms. The summed E-state index contributed by atoms with van der Waals surface area (Å²) in [6.45, 7) is 0. The number of hydrogen-bond donors (Lipinski definition) is 1. The van der Waals surface area contributed by atoms with Crippen LogP contribution in [-0.4, -0.2) is 11.3 Å². The van der Waals surface area contributed by atoms with E-state index in [1.54, 1.807) is 11.3 Å². The summed E-state index contributed by atoms with van der Waals surface area (Å²) in [5.41, 5.74) is 1.69. The second kappa shape index (κ2) is 3.18. The molecule has 0 saturated carbocycles. The lowest BCUT2D eigenvalue weighted by Crippen LogP contribution is -1.75. The van der Waals surface area contributed by atoms with Gasteiger partial charge in [0.25, 0.3) is 0 Å². The van der Waals surface area contributed by atoms with Gasteiger partial charge in [-0.3, -0.25) is 4.79 Å². The molecular weight excluding hydrogens is 274 g/mol. The van der Waals surface area contributed by atoms with Gasteiger partial charge < -0.3 is 4.98 Å². The van der Waals surface area contributed by atoms with Gasteiger partial charge in [-0.1, -0.05) is 12.1 Å². The fourth-order valence-electron chi connectivity index (χ4n) is 1.72. The molecule has 0 fully saturated rings. The minimum atomic E-state index is 0.637. The zero-order valence-corrected chi connectivity index (χ0v) is 9.98. The molecule has 1 N–H and O–H groups in total. The van der Waals surface area contributed by atoms with Gasteiger partial charge in [0, 0.05) is 9.86 Å². The number of rotatable bonds is 1. The predicted molar refractivity (Wildman–Crippen MR) is 66.8 cm³/mol. The van der Waals surface area contributed by atoms with Gasteiger partial charge in [-0.05, 0) is 28.1 Å². The second-order valence-corrected chi connectivity index (χ2v) is 5.21. The van der Waals surface area contributed by atoms with Gasteiger partial charge in [0.1, 0.15) is 0 Å². The van der Waals surface area contributed by atoms with Crippen molar-refractivity contribution in [1.82, 2.24) is 4.98 Å². The predicted octanol–water partition coefficient (Wildman–Crippen LogP) is 3.96. The van der Waals surface area contributed by atoms with Crippen LogP contribution in [0.3, 0.4) is 0 Å². The Kier molecular flexibility index (Phi) is 1.94. The zero-order valence-electron chi connectivity index (χ0n) is 7.58. The van der Waals surface area contributed by atoms with Crippen molar-refractivity contribution in [1.29, 1.82) is 0 Å². The minimum Gasteiger partial charge on any atom is -0.351 e. The van der Waals surface area contributed by atoms with Gasteiger partial charge in [0.05, 0.1) is 20.6 Å². The van der Waals surface area contributed by atoms with E-state index >= 15 is 0 Å². The van der Waals surface area contributed by atoms with Crippen LogP contribution in [0.15, 0.2) is 28.7 Å². The fraction of sp³-hybridized carbons (Fsp3) is 0. The molecule has 0 aliphatic heterocycles. The molecule has 3 aromatic rings. The molecule has 0 amide bonds. The van der Waals surface area contributed by atoms with E-state index in [0.717, 1.165) is 26.4 Å². The molecule has 0 unspecified atom stereocenters. The quantitative estimate of drug-likeness (QED) is 0.672. The summed E-state index contributed by atoms with van der Waals surface area (Å²) in [4.78, 5) is 13.8. The van der Waals surface area contributed by atoms with Gasteiger partial charge >= 0.3 is 0 Å². The monoisotopic (exact) mass is 279 g/mol. The van der Waals surface area contributed by atoms with Gasteiger partial charge in [0.15, 0.2) is 6.29 Å². The van der Waals surface area contributed by atoms with Crippen LogP contribution in [0.5, 0.6) is 0 Å². The van der Waals surface area contributed by atoms with Crippen molar-refractivity contribution in [2.75, 3.05) is 0 Å². The van der Waals surface area contributed by atoms with E-state index in [2.05, 4.69) is 27.0 Å². The van der Waals surface area contributed by atoms with Gasteiger partial charge in [0.2, 0.25) is 0 Å². The Bertz CT molecular complexity index is 668. The van der Waals surface area contributed by atoms with Gasteiger partial charge in [-0.15, -0.1) is 11.3 Å². The normalized spacial score (nSPS) is 11.3. The molecule has 0 aliphatic carbocycles. The highest BCUT2D eigenvalue weighted by atomic mass is 79.9. The highest BCUT2D eigenvalue weighted by molar-refractivity contribution is 9.10. The number of benzene rings is 1. The average molecular weight is 280 g/mol. The summed E-state index contributed by atoms with van der Waals surface area (Å²) in [6.07, 6.45) is 0.844. The van der Waals surface area contributed by atoms with Crippen molar-refractivity contribution in [2.24, 2.45) is 0 Å². The first-order chi connectivity index (χ1) is 7.29. The van der Waals surface area contributed by atoms with E-state index < -0.39 is 0 Å². The molecule has 74 valence electrons. The molecule has 2 nitrogen and oxygen atoms in total. The lowest BCUT2D eigenvalue weighted by atomic mass is 10.2. The first-order valence-corrected chi connectivity index (χ1v) is 6.05. The van der Waals surface area contributed by atoms with Crippen molar-refractivity contribution < 1.29 is 4.79 Å². The number of carbonyl (C=O) groups excluding carboxylic acids is 1. The van der Waals surface area contributed by atoms with E-state index in [4.69, 9.17) is 0 Å². The maximum absolute atomic E-state index is 10.6. The molecule has 4 heteroatoms. The summed E-state index contributed by atoms with van der Waals surface area (Å²) < 4.78 is 3.44. The number of H-pyrrole nitrogens is 1. The van der Waals surface area contributed by atoms with Crippen LogP contribution in [0, 0.1) is 0 Å². The number of hydrogen-bond acceptors (Lipinski definition) is 2.